The molecule has 7 heteroatoms. The summed E-state index contributed by atoms with van der Waals surface area (Å²) in [4.78, 5) is 15.1. The first-order valence-electron chi connectivity index (χ1n) is 10.3. The molecule has 0 aliphatic carbocycles. The van der Waals surface area contributed by atoms with Crippen molar-refractivity contribution in [3.63, 3.8) is 0 Å². The molecule has 0 aliphatic rings. The van der Waals surface area contributed by atoms with Crippen molar-refractivity contribution in [2.45, 2.75) is 44.7 Å². The van der Waals surface area contributed by atoms with E-state index in [9.17, 15) is 4.79 Å². The first-order valence-corrected chi connectivity index (χ1v) is 11.3. The molecule has 6 nitrogen and oxygen atoms in total. The van der Waals surface area contributed by atoms with Gasteiger partial charge >= 0.3 is 0 Å². The van der Waals surface area contributed by atoms with Gasteiger partial charge in [0.05, 0.1) is 5.52 Å². The second-order valence-electron chi connectivity index (χ2n) is 7.70. The van der Waals surface area contributed by atoms with E-state index in [0.29, 0.717) is 12.4 Å². The van der Waals surface area contributed by atoms with E-state index in [1.165, 1.54) is 11.1 Å². The Bertz CT molecular complexity index is 1280. The normalized spacial score (nSPS) is 11.2. The number of fused-ring (bicyclic) bond motifs is 1. The molecular weight excluding hydrogens is 408 g/mol. The number of thioether (sulfide) groups is 1. The lowest BCUT2D eigenvalue weighted by Gasteiger charge is -2.10. The summed E-state index contributed by atoms with van der Waals surface area (Å²) in [6.07, 6.45) is 1.01. The molecule has 0 unspecified atom stereocenters. The zero-order valence-corrected chi connectivity index (χ0v) is 19.0. The highest BCUT2D eigenvalue weighted by atomic mass is 32.2. The molecule has 2 heterocycles. The molecule has 2 aromatic carbocycles. The molecule has 0 saturated heterocycles. The average molecular weight is 435 g/mol. The Morgan fingerprint density at radius 1 is 1.10 bits per heavy atom. The number of ether oxygens (including phenoxy) is 1. The number of aromatic amines is 1. The number of aromatic nitrogens is 4. The molecule has 1 N–H and O–H groups in total. The molecule has 0 saturated carbocycles. The van der Waals surface area contributed by atoms with E-state index in [4.69, 9.17) is 4.74 Å². The van der Waals surface area contributed by atoms with Crippen molar-refractivity contribution in [2.24, 2.45) is 7.05 Å². The maximum atomic E-state index is 12.2. The summed E-state index contributed by atoms with van der Waals surface area (Å²) in [5.41, 5.74) is 5.33. The Kier molecular flexibility index (Phi) is 6.13. The third-order valence-electron chi connectivity index (χ3n) is 5.36. The average Bonchev–Trinajstić information content (AvgIpc) is 3.11. The maximum absolute atomic E-state index is 12.2. The van der Waals surface area contributed by atoms with Crippen molar-refractivity contribution in [3.8, 4) is 5.75 Å². The van der Waals surface area contributed by atoms with Gasteiger partial charge in [0.25, 0.3) is 0 Å². The third kappa shape index (κ3) is 4.66. The molecule has 0 radical (unpaired) electrons. The maximum Gasteiger partial charge on any atom is 0.248 e. The summed E-state index contributed by atoms with van der Waals surface area (Å²) in [7, 11) is 1.94. The minimum atomic E-state index is -0.0869. The molecule has 0 fully saturated rings. The van der Waals surface area contributed by atoms with Crippen LogP contribution in [-0.2, 0) is 25.8 Å². The van der Waals surface area contributed by atoms with Gasteiger partial charge in [0, 0.05) is 24.3 Å². The van der Waals surface area contributed by atoms with Gasteiger partial charge in [0.2, 0.25) is 5.56 Å². The van der Waals surface area contributed by atoms with Crippen molar-refractivity contribution in [3.05, 3.63) is 80.9 Å². The number of hydrogen-bond donors (Lipinski definition) is 1. The predicted octanol–water partition coefficient (Wildman–Crippen LogP) is 4.71. The van der Waals surface area contributed by atoms with Crippen molar-refractivity contribution < 1.29 is 4.74 Å². The molecule has 4 rings (SSSR count). The van der Waals surface area contributed by atoms with E-state index >= 15 is 0 Å². The van der Waals surface area contributed by atoms with Crippen molar-refractivity contribution in [1.82, 2.24) is 19.7 Å². The molecule has 0 aliphatic heterocycles. The Morgan fingerprint density at radius 2 is 1.87 bits per heavy atom. The summed E-state index contributed by atoms with van der Waals surface area (Å²) in [6, 6.07) is 14.0. The summed E-state index contributed by atoms with van der Waals surface area (Å²) in [6.45, 7) is 6.57. The number of aryl methyl sites for hydroxylation is 3. The molecule has 160 valence electrons. The van der Waals surface area contributed by atoms with Crippen LogP contribution in [0.15, 0.2) is 52.4 Å². The fraction of sp³-hybridized carbons (Fsp3) is 0.292. The molecule has 0 spiro atoms. The number of nitrogens with one attached hydrogen (secondary N) is 1. The summed E-state index contributed by atoms with van der Waals surface area (Å²) in [5.74, 6) is 2.20. The van der Waals surface area contributed by atoms with E-state index in [1.54, 1.807) is 17.8 Å². The third-order valence-corrected chi connectivity index (χ3v) is 6.43. The van der Waals surface area contributed by atoms with Gasteiger partial charge in [0.15, 0.2) is 11.0 Å². The van der Waals surface area contributed by atoms with Crippen LogP contribution in [0.3, 0.4) is 0 Å². The smallest absolute Gasteiger partial charge is 0.248 e. The number of hydrogen-bond acceptors (Lipinski definition) is 5. The Hall–Kier alpha value is -3.06. The molecule has 2 aromatic heterocycles. The van der Waals surface area contributed by atoms with E-state index < -0.39 is 0 Å². The second kappa shape index (κ2) is 8.98. The summed E-state index contributed by atoms with van der Waals surface area (Å²) in [5, 5.41) is 10.5. The quantitative estimate of drug-likeness (QED) is 0.427. The van der Waals surface area contributed by atoms with Gasteiger partial charge in [-0.25, -0.2) is 0 Å². The van der Waals surface area contributed by atoms with Crippen LogP contribution < -0.4 is 10.3 Å². The lowest BCUT2D eigenvalue weighted by Crippen LogP contribution is -2.07. The van der Waals surface area contributed by atoms with Crippen molar-refractivity contribution in [1.29, 1.82) is 0 Å². The van der Waals surface area contributed by atoms with Crippen LogP contribution in [0, 0.1) is 13.8 Å². The monoisotopic (exact) mass is 434 g/mol. The van der Waals surface area contributed by atoms with E-state index in [-0.39, 0.29) is 5.56 Å². The van der Waals surface area contributed by atoms with Gasteiger partial charge in [-0.3, -0.25) is 4.79 Å². The van der Waals surface area contributed by atoms with Crippen LogP contribution in [0.2, 0.25) is 0 Å². The first-order chi connectivity index (χ1) is 14.9. The number of H-pyrrole nitrogens is 1. The lowest BCUT2D eigenvalue weighted by molar-refractivity contribution is 0.290. The van der Waals surface area contributed by atoms with E-state index in [0.717, 1.165) is 45.2 Å². The van der Waals surface area contributed by atoms with Gasteiger partial charge in [-0.2, -0.15) is 0 Å². The molecule has 4 aromatic rings. The molecule has 0 amide bonds. The van der Waals surface area contributed by atoms with Gasteiger partial charge in [-0.05, 0) is 55.2 Å². The minimum Gasteiger partial charge on any atom is -0.486 e. The van der Waals surface area contributed by atoms with Crippen molar-refractivity contribution >= 4 is 22.7 Å². The van der Waals surface area contributed by atoms with Gasteiger partial charge in [-0.1, -0.05) is 42.4 Å². The fourth-order valence-electron chi connectivity index (χ4n) is 3.61. The van der Waals surface area contributed by atoms with Gasteiger partial charge in [-0.15, -0.1) is 10.2 Å². The second-order valence-corrected chi connectivity index (χ2v) is 8.64. The van der Waals surface area contributed by atoms with Crippen LogP contribution in [0.25, 0.3) is 10.9 Å². The molecule has 0 bridgehead atoms. The highest BCUT2D eigenvalue weighted by molar-refractivity contribution is 7.98. The van der Waals surface area contributed by atoms with E-state index in [1.807, 2.05) is 30.7 Å². The summed E-state index contributed by atoms with van der Waals surface area (Å²) >= 11 is 1.56. The number of nitrogens with zero attached hydrogens (tertiary/aromatic N) is 3. The van der Waals surface area contributed by atoms with Crippen LogP contribution in [0.4, 0.5) is 0 Å². The van der Waals surface area contributed by atoms with Crippen LogP contribution in [0.5, 0.6) is 5.75 Å². The Labute approximate surface area is 185 Å². The van der Waals surface area contributed by atoms with Crippen molar-refractivity contribution in [2.75, 3.05) is 0 Å². The van der Waals surface area contributed by atoms with Crippen LogP contribution >= 0.6 is 11.8 Å². The zero-order chi connectivity index (χ0) is 22.0. The van der Waals surface area contributed by atoms with Crippen LogP contribution in [0.1, 0.15) is 35.0 Å². The molecular formula is C24H26N4O2S. The Morgan fingerprint density at radius 3 is 2.61 bits per heavy atom. The SMILES string of the molecule is CCc1ccc(OCc2nnc(SCc3cc(=O)[nH]c4c(C)cc(C)cc34)n2C)cc1. The zero-order valence-electron chi connectivity index (χ0n) is 18.2. The molecule has 31 heavy (non-hydrogen) atoms. The topological polar surface area (TPSA) is 72.8 Å². The van der Waals surface area contributed by atoms with Crippen LogP contribution in [-0.4, -0.2) is 19.7 Å². The standard InChI is InChI=1S/C24H26N4O2S/c1-5-17-6-8-19(9-7-17)30-13-21-26-27-24(28(21)4)31-14-18-12-22(29)25-23-16(3)10-15(2)11-20(18)23/h6-12H,5,13-14H2,1-4H3,(H,25,29). The lowest BCUT2D eigenvalue weighted by atomic mass is 10.0. The largest absolute Gasteiger partial charge is 0.486 e. The van der Waals surface area contributed by atoms with Gasteiger partial charge < -0.3 is 14.3 Å². The highest BCUT2D eigenvalue weighted by Gasteiger charge is 2.13. The highest BCUT2D eigenvalue weighted by Crippen LogP contribution is 2.27. The summed E-state index contributed by atoms with van der Waals surface area (Å²) < 4.78 is 7.81. The number of rotatable bonds is 7. The minimum absolute atomic E-state index is 0.0869. The Balaban J connectivity index is 1.48. The first kappa shape index (κ1) is 21.2. The van der Waals surface area contributed by atoms with Gasteiger partial charge in [0.1, 0.15) is 12.4 Å². The predicted molar refractivity (Wildman–Crippen MR) is 125 cm³/mol. The van der Waals surface area contributed by atoms with E-state index in [2.05, 4.69) is 53.3 Å². The number of benzene rings is 2. The number of pyridine rings is 1. The fourth-order valence-corrected chi connectivity index (χ4v) is 4.53. The molecule has 0 atom stereocenters.